The Morgan fingerprint density at radius 2 is 1.62 bits per heavy atom. The van der Waals surface area contributed by atoms with Crippen molar-refractivity contribution < 1.29 is 22.7 Å². The van der Waals surface area contributed by atoms with E-state index >= 15 is 0 Å². The van der Waals surface area contributed by atoms with Crippen molar-refractivity contribution in [2.75, 3.05) is 62.3 Å². The number of rotatable bonds is 4. The van der Waals surface area contributed by atoms with Crippen LogP contribution in [0.1, 0.15) is 16.8 Å². The van der Waals surface area contributed by atoms with Crippen LogP contribution in [0.15, 0.2) is 30.3 Å². The van der Waals surface area contributed by atoms with E-state index in [1.807, 2.05) is 13.0 Å². The van der Waals surface area contributed by atoms with E-state index in [-0.39, 0.29) is 12.3 Å². The van der Waals surface area contributed by atoms with Gasteiger partial charge in [-0.3, -0.25) is 4.79 Å². The fourth-order valence-electron chi connectivity index (χ4n) is 3.89. The zero-order valence-corrected chi connectivity index (χ0v) is 17.9. The second-order valence-corrected chi connectivity index (χ2v) is 8.01. The maximum atomic E-state index is 12.7. The van der Waals surface area contributed by atoms with Crippen molar-refractivity contribution in [3.63, 3.8) is 0 Å². The number of carbonyl (C=O) groups is 1. The summed E-state index contributed by atoms with van der Waals surface area (Å²) in [5, 5.41) is 0. The molecule has 10 heteroatoms. The van der Waals surface area contributed by atoms with Crippen LogP contribution >= 0.6 is 0 Å². The molecule has 0 spiro atoms. The number of hydrogen-bond acceptors (Lipinski definition) is 6. The summed E-state index contributed by atoms with van der Waals surface area (Å²) in [6.07, 6.45) is -4.29. The van der Waals surface area contributed by atoms with Crippen molar-refractivity contribution in [3.05, 3.63) is 47.2 Å². The minimum Gasteiger partial charge on any atom is -0.378 e. The third-order valence-corrected chi connectivity index (χ3v) is 5.72. The zero-order chi connectivity index (χ0) is 22.7. The number of alkyl halides is 3. The number of anilines is 2. The maximum absolute atomic E-state index is 12.7. The second-order valence-electron chi connectivity index (χ2n) is 8.01. The SMILES string of the molecule is Cc1cc(N2CCN(C(=O)Cc3ccc(C(F)(F)F)cc3)CC2)nc(N2CCOCC2)n1. The summed E-state index contributed by atoms with van der Waals surface area (Å²) in [7, 11) is 0. The van der Waals surface area contributed by atoms with Gasteiger partial charge in [0.2, 0.25) is 11.9 Å². The number of aryl methyl sites for hydroxylation is 1. The minimum atomic E-state index is -4.38. The number of ether oxygens (including phenoxy) is 1. The molecule has 1 amide bonds. The van der Waals surface area contributed by atoms with E-state index in [2.05, 4.69) is 14.8 Å². The molecule has 3 heterocycles. The Kier molecular flexibility index (Phi) is 6.50. The van der Waals surface area contributed by atoms with Crippen molar-refractivity contribution in [2.24, 2.45) is 0 Å². The van der Waals surface area contributed by atoms with Crippen LogP contribution in [0.4, 0.5) is 24.9 Å². The summed E-state index contributed by atoms with van der Waals surface area (Å²) in [6, 6.07) is 6.72. The van der Waals surface area contributed by atoms with Gasteiger partial charge in [-0.25, -0.2) is 4.98 Å². The van der Waals surface area contributed by atoms with Gasteiger partial charge >= 0.3 is 6.18 Å². The van der Waals surface area contributed by atoms with Gasteiger partial charge in [0.1, 0.15) is 5.82 Å². The lowest BCUT2D eigenvalue weighted by molar-refractivity contribution is -0.137. The van der Waals surface area contributed by atoms with E-state index in [9.17, 15) is 18.0 Å². The molecule has 0 aliphatic carbocycles. The van der Waals surface area contributed by atoms with Crippen LogP contribution in [-0.4, -0.2) is 73.3 Å². The summed E-state index contributed by atoms with van der Waals surface area (Å²) in [4.78, 5) is 28.0. The van der Waals surface area contributed by atoms with Gasteiger partial charge < -0.3 is 19.4 Å². The standard InChI is InChI=1S/C22H26F3N5O2/c1-16-14-19(27-21(26-16)30-10-12-32-13-11-30)28-6-8-29(9-7-28)20(31)15-17-2-4-18(5-3-17)22(23,24)25/h2-5,14H,6-13,15H2,1H3. The molecule has 0 N–H and O–H groups in total. The van der Waals surface area contributed by atoms with Gasteiger partial charge in [0.15, 0.2) is 0 Å². The van der Waals surface area contributed by atoms with Gasteiger partial charge in [-0.1, -0.05) is 12.1 Å². The first-order valence-electron chi connectivity index (χ1n) is 10.7. The van der Waals surface area contributed by atoms with E-state index < -0.39 is 11.7 Å². The Balaban J connectivity index is 1.34. The van der Waals surface area contributed by atoms with Crippen molar-refractivity contribution >= 4 is 17.7 Å². The predicted molar refractivity (Wildman–Crippen MR) is 114 cm³/mol. The summed E-state index contributed by atoms with van der Waals surface area (Å²) >= 11 is 0. The van der Waals surface area contributed by atoms with Gasteiger partial charge in [-0.05, 0) is 24.6 Å². The van der Waals surface area contributed by atoms with E-state index in [4.69, 9.17) is 9.72 Å². The number of amides is 1. The van der Waals surface area contributed by atoms with Gasteiger partial charge in [0.05, 0.1) is 25.2 Å². The molecule has 0 bridgehead atoms. The van der Waals surface area contributed by atoms with Crippen LogP contribution < -0.4 is 9.80 Å². The first-order chi connectivity index (χ1) is 15.3. The lowest BCUT2D eigenvalue weighted by Gasteiger charge is -2.36. The zero-order valence-electron chi connectivity index (χ0n) is 17.9. The van der Waals surface area contributed by atoms with Crippen molar-refractivity contribution in [1.29, 1.82) is 0 Å². The lowest BCUT2D eigenvalue weighted by atomic mass is 10.1. The van der Waals surface area contributed by atoms with Crippen molar-refractivity contribution in [1.82, 2.24) is 14.9 Å². The van der Waals surface area contributed by atoms with Gasteiger partial charge in [0.25, 0.3) is 0 Å². The molecule has 2 aliphatic heterocycles. The number of halogens is 3. The third kappa shape index (κ3) is 5.29. The smallest absolute Gasteiger partial charge is 0.378 e. The molecule has 7 nitrogen and oxygen atoms in total. The summed E-state index contributed by atoms with van der Waals surface area (Å²) in [5.74, 6) is 1.45. The van der Waals surface area contributed by atoms with Crippen LogP contribution in [0, 0.1) is 6.92 Å². The quantitative estimate of drug-likeness (QED) is 0.715. The molecule has 0 saturated carbocycles. The summed E-state index contributed by atoms with van der Waals surface area (Å²) in [6.45, 7) is 7.13. The molecule has 2 saturated heterocycles. The molecule has 172 valence electrons. The van der Waals surface area contributed by atoms with Gasteiger partial charge in [-0.15, -0.1) is 0 Å². The lowest BCUT2D eigenvalue weighted by Crippen LogP contribution is -2.49. The van der Waals surface area contributed by atoms with E-state index in [1.165, 1.54) is 12.1 Å². The Hall–Kier alpha value is -2.88. The normalized spacial score (nSPS) is 17.6. The second kappa shape index (κ2) is 9.32. The first kappa shape index (κ1) is 22.3. The highest BCUT2D eigenvalue weighted by Gasteiger charge is 2.30. The molecule has 0 radical (unpaired) electrons. The van der Waals surface area contributed by atoms with Gasteiger partial charge in [0, 0.05) is 51.0 Å². The Morgan fingerprint density at radius 3 is 2.25 bits per heavy atom. The average Bonchev–Trinajstić information content (AvgIpc) is 2.79. The highest BCUT2D eigenvalue weighted by molar-refractivity contribution is 5.79. The molecule has 1 aromatic carbocycles. The van der Waals surface area contributed by atoms with Gasteiger partial charge in [-0.2, -0.15) is 18.2 Å². The number of aromatic nitrogens is 2. The Morgan fingerprint density at radius 1 is 0.969 bits per heavy atom. The molecule has 2 fully saturated rings. The summed E-state index contributed by atoms with van der Waals surface area (Å²) < 4.78 is 43.5. The van der Waals surface area contributed by atoms with Crippen LogP contribution in [-0.2, 0) is 22.1 Å². The molecule has 2 aliphatic rings. The van der Waals surface area contributed by atoms with E-state index in [0.29, 0.717) is 50.9 Å². The number of carbonyl (C=O) groups excluding carboxylic acids is 1. The van der Waals surface area contributed by atoms with Crippen LogP contribution in [0.25, 0.3) is 0 Å². The predicted octanol–water partition coefficient (Wildman–Crippen LogP) is 2.53. The fourth-order valence-corrected chi connectivity index (χ4v) is 3.89. The molecule has 4 rings (SSSR count). The summed E-state index contributed by atoms with van der Waals surface area (Å²) in [5.41, 5.74) is 0.753. The minimum absolute atomic E-state index is 0.0858. The number of nitrogens with zero attached hydrogens (tertiary/aromatic N) is 5. The van der Waals surface area contributed by atoms with Crippen molar-refractivity contribution in [3.8, 4) is 0 Å². The molecule has 32 heavy (non-hydrogen) atoms. The maximum Gasteiger partial charge on any atom is 0.416 e. The highest BCUT2D eigenvalue weighted by Crippen LogP contribution is 2.29. The monoisotopic (exact) mass is 449 g/mol. The number of morpholine rings is 1. The number of piperazine rings is 1. The van der Waals surface area contributed by atoms with Crippen molar-refractivity contribution in [2.45, 2.75) is 19.5 Å². The van der Waals surface area contributed by atoms with E-state index in [0.717, 1.165) is 36.7 Å². The number of hydrogen-bond donors (Lipinski definition) is 0. The van der Waals surface area contributed by atoms with Crippen LogP contribution in [0.5, 0.6) is 0 Å². The molecule has 1 aromatic heterocycles. The third-order valence-electron chi connectivity index (χ3n) is 5.72. The molecular formula is C22H26F3N5O2. The largest absolute Gasteiger partial charge is 0.416 e. The topological polar surface area (TPSA) is 61.8 Å². The van der Waals surface area contributed by atoms with Crippen LogP contribution in [0.3, 0.4) is 0 Å². The fraction of sp³-hybridized carbons (Fsp3) is 0.500. The molecule has 0 atom stereocenters. The molecular weight excluding hydrogens is 423 g/mol. The number of benzene rings is 1. The molecule has 0 unspecified atom stereocenters. The van der Waals surface area contributed by atoms with E-state index in [1.54, 1.807) is 4.90 Å². The molecule has 2 aromatic rings. The first-order valence-corrected chi connectivity index (χ1v) is 10.7. The Labute approximate surface area is 184 Å². The highest BCUT2D eigenvalue weighted by atomic mass is 19.4. The van der Waals surface area contributed by atoms with Crippen LogP contribution in [0.2, 0.25) is 0 Å². The average molecular weight is 449 g/mol. The Bertz CT molecular complexity index is 938.